The number of nitrogens with zero attached hydrogens (tertiary/aromatic N) is 1. The van der Waals surface area contributed by atoms with Crippen LogP contribution in [-0.2, 0) is 11.4 Å². The molecule has 5 nitrogen and oxygen atoms in total. The summed E-state index contributed by atoms with van der Waals surface area (Å²) in [5.41, 5.74) is 1.48. The Balaban J connectivity index is 1.87. The average molecular weight is 522 g/mol. The molecule has 0 spiro atoms. The SMILES string of the molecule is COc1ccc(/C=C(\C#N)C(=O)Nc2ccc(Cl)c(Cl)c2)c(OCc2ccc(Cl)cc2Cl)c1. The van der Waals surface area contributed by atoms with E-state index in [1.54, 1.807) is 48.5 Å². The van der Waals surface area contributed by atoms with E-state index in [-0.39, 0.29) is 17.2 Å². The maximum absolute atomic E-state index is 12.7. The number of amides is 1. The molecule has 0 bridgehead atoms. The number of nitrogens with one attached hydrogen (secondary N) is 1. The lowest BCUT2D eigenvalue weighted by Gasteiger charge is -2.13. The van der Waals surface area contributed by atoms with Crippen LogP contribution in [-0.4, -0.2) is 13.0 Å². The molecule has 1 N–H and O–H groups in total. The fourth-order valence-corrected chi connectivity index (χ4v) is 3.52. The second-order valence-electron chi connectivity index (χ2n) is 6.68. The van der Waals surface area contributed by atoms with Crippen molar-refractivity contribution < 1.29 is 14.3 Å². The van der Waals surface area contributed by atoms with E-state index >= 15 is 0 Å². The summed E-state index contributed by atoms with van der Waals surface area (Å²) >= 11 is 24.1. The van der Waals surface area contributed by atoms with Crippen LogP contribution in [0.5, 0.6) is 11.5 Å². The Bertz CT molecular complexity index is 1270. The summed E-state index contributed by atoms with van der Waals surface area (Å²) in [5.74, 6) is 0.331. The van der Waals surface area contributed by atoms with Gasteiger partial charge in [0.05, 0.1) is 17.2 Å². The van der Waals surface area contributed by atoms with Gasteiger partial charge in [0.15, 0.2) is 0 Å². The molecule has 9 heteroatoms. The zero-order valence-corrected chi connectivity index (χ0v) is 20.2. The van der Waals surface area contributed by atoms with Crippen molar-refractivity contribution in [2.24, 2.45) is 0 Å². The minimum absolute atomic E-state index is 0.138. The van der Waals surface area contributed by atoms with Gasteiger partial charge in [0.25, 0.3) is 5.91 Å². The summed E-state index contributed by atoms with van der Waals surface area (Å²) in [6.45, 7) is 0.140. The molecule has 1 amide bonds. The minimum Gasteiger partial charge on any atom is -0.497 e. The predicted molar refractivity (Wildman–Crippen MR) is 132 cm³/mol. The van der Waals surface area contributed by atoms with Crippen LogP contribution in [0.25, 0.3) is 6.08 Å². The molecular formula is C24H16Cl4N2O3. The van der Waals surface area contributed by atoms with Crippen LogP contribution in [0.3, 0.4) is 0 Å². The van der Waals surface area contributed by atoms with E-state index in [1.807, 2.05) is 6.07 Å². The van der Waals surface area contributed by atoms with Gasteiger partial charge in [-0.1, -0.05) is 52.5 Å². The molecular weight excluding hydrogens is 506 g/mol. The standard InChI is InChI=1S/C24H16Cl4N2O3/c1-32-19-6-3-14(23(11-19)33-13-15-2-4-17(25)9-21(15)27)8-16(12-29)24(31)30-18-5-7-20(26)22(28)10-18/h2-11H,13H2,1H3,(H,30,31)/b16-8+. The lowest BCUT2D eigenvalue weighted by molar-refractivity contribution is -0.112. The number of methoxy groups -OCH3 is 1. The molecule has 0 fully saturated rings. The van der Waals surface area contributed by atoms with Crippen LogP contribution in [0, 0.1) is 11.3 Å². The van der Waals surface area contributed by atoms with Crippen LogP contribution in [0.2, 0.25) is 20.1 Å². The largest absolute Gasteiger partial charge is 0.497 e. The number of ether oxygens (including phenoxy) is 2. The van der Waals surface area contributed by atoms with Crippen molar-refractivity contribution in [3.8, 4) is 17.6 Å². The van der Waals surface area contributed by atoms with Gasteiger partial charge in [0.2, 0.25) is 0 Å². The molecule has 3 aromatic rings. The van der Waals surface area contributed by atoms with E-state index in [9.17, 15) is 10.1 Å². The van der Waals surface area contributed by atoms with Crippen LogP contribution < -0.4 is 14.8 Å². The van der Waals surface area contributed by atoms with Gasteiger partial charge in [-0.05, 0) is 48.5 Å². The highest BCUT2D eigenvalue weighted by Gasteiger charge is 2.14. The number of carbonyl (C=O) groups is 1. The molecule has 3 rings (SSSR count). The number of rotatable bonds is 7. The molecule has 0 unspecified atom stereocenters. The predicted octanol–water partition coefficient (Wildman–Crippen LogP) is 7.43. The molecule has 0 aromatic heterocycles. The normalized spacial score (nSPS) is 11.0. The summed E-state index contributed by atoms with van der Waals surface area (Å²) in [6, 6.07) is 16.6. The third-order valence-electron chi connectivity index (χ3n) is 4.46. The second-order valence-corrected chi connectivity index (χ2v) is 8.34. The van der Waals surface area contributed by atoms with Crippen molar-refractivity contribution >= 4 is 64.1 Å². The van der Waals surface area contributed by atoms with E-state index in [1.165, 1.54) is 19.3 Å². The first-order valence-corrected chi connectivity index (χ1v) is 10.9. The Kier molecular flexibility index (Phi) is 8.49. The lowest BCUT2D eigenvalue weighted by atomic mass is 10.1. The molecule has 33 heavy (non-hydrogen) atoms. The second kappa shape index (κ2) is 11.3. The van der Waals surface area contributed by atoms with E-state index in [4.69, 9.17) is 55.9 Å². The van der Waals surface area contributed by atoms with Crippen LogP contribution in [0.1, 0.15) is 11.1 Å². The maximum Gasteiger partial charge on any atom is 0.266 e. The van der Waals surface area contributed by atoms with E-state index in [2.05, 4.69) is 5.32 Å². The first-order chi connectivity index (χ1) is 15.8. The van der Waals surface area contributed by atoms with Crippen molar-refractivity contribution in [2.75, 3.05) is 12.4 Å². The molecule has 0 aliphatic rings. The first kappa shape index (κ1) is 24.8. The van der Waals surface area contributed by atoms with Gasteiger partial charge in [-0.3, -0.25) is 4.79 Å². The highest BCUT2D eigenvalue weighted by molar-refractivity contribution is 6.42. The molecule has 0 saturated carbocycles. The molecule has 3 aromatic carbocycles. The molecule has 0 atom stereocenters. The summed E-state index contributed by atoms with van der Waals surface area (Å²) in [5, 5.41) is 13.8. The van der Waals surface area contributed by atoms with E-state index in [0.717, 1.165) is 5.56 Å². The van der Waals surface area contributed by atoms with Crippen molar-refractivity contribution in [3.05, 3.63) is 91.4 Å². The highest BCUT2D eigenvalue weighted by Crippen LogP contribution is 2.30. The summed E-state index contributed by atoms with van der Waals surface area (Å²) in [7, 11) is 1.52. The quantitative estimate of drug-likeness (QED) is 0.259. The van der Waals surface area contributed by atoms with Gasteiger partial charge in [0, 0.05) is 32.9 Å². The monoisotopic (exact) mass is 520 g/mol. The topological polar surface area (TPSA) is 71.3 Å². The third-order valence-corrected chi connectivity index (χ3v) is 5.79. The van der Waals surface area contributed by atoms with Crippen LogP contribution in [0.15, 0.2) is 60.2 Å². The molecule has 0 aliphatic carbocycles. The van der Waals surface area contributed by atoms with Gasteiger partial charge in [-0.2, -0.15) is 5.26 Å². The van der Waals surface area contributed by atoms with Gasteiger partial charge in [0.1, 0.15) is 29.7 Å². The minimum atomic E-state index is -0.613. The van der Waals surface area contributed by atoms with Gasteiger partial charge < -0.3 is 14.8 Å². The van der Waals surface area contributed by atoms with Crippen molar-refractivity contribution in [1.29, 1.82) is 5.26 Å². The first-order valence-electron chi connectivity index (χ1n) is 9.43. The Morgan fingerprint density at radius 3 is 2.45 bits per heavy atom. The highest BCUT2D eigenvalue weighted by atomic mass is 35.5. The van der Waals surface area contributed by atoms with Crippen molar-refractivity contribution in [2.45, 2.75) is 6.61 Å². The van der Waals surface area contributed by atoms with Gasteiger partial charge in [-0.25, -0.2) is 0 Å². The molecule has 0 heterocycles. The average Bonchev–Trinajstić information content (AvgIpc) is 2.79. The summed E-state index contributed by atoms with van der Waals surface area (Å²) in [4.78, 5) is 12.7. The number of hydrogen-bond acceptors (Lipinski definition) is 4. The molecule has 0 aliphatic heterocycles. The fourth-order valence-electron chi connectivity index (χ4n) is 2.76. The smallest absolute Gasteiger partial charge is 0.266 e. The number of anilines is 1. The summed E-state index contributed by atoms with van der Waals surface area (Å²) in [6.07, 6.45) is 1.42. The molecule has 0 radical (unpaired) electrons. The van der Waals surface area contributed by atoms with E-state index < -0.39 is 5.91 Å². The third kappa shape index (κ3) is 6.56. The van der Waals surface area contributed by atoms with Gasteiger partial charge in [-0.15, -0.1) is 0 Å². The number of nitriles is 1. The Morgan fingerprint density at radius 2 is 1.79 bits per heavy atom. The summed E-state index contributed by atoms with van der Waals surface area (Å²) < 4.78 is 11.2. The van der Waals surface area contributed by atoms with Crippen LogP contribution >= 0.6 is 46.4 Å². The number of carbonyl (C=O) groups excluding carboxylic acids is 1. The van der Waals surface area contributed by atoms with Gasteiger partial charge >= 0.3 is 0 Å². The van der Waals surface area contributed by atoms with E-state index in [0.29, 0.717) is 37.8 Å². The fraction of sp³-hybridized carbons (Fsp3) is 0.0833. The Labute approximate surface area is 211 Å². The lowest BCUT2D eigenvalue weighted by Crippen LogP contribution is -2.13. The van der Waals surface area contributed by atoms with Crippen molar-refractivity contribution in [1.82, 2.24) is 0 Å². The zero-order valence-electron chi connectivity index (χ0n) is 17.2. The number of hydrogen-bond donors (Lipinski definition) is 1. The van der Waals surface area contributed by atoms with Crippen LogP contribution in [0.4, 0.5) is 5.69 Å². The molecule has 168 valence electrons. The zero-order chi connectivity index (χ0) is 24.0. The Hall–Kier alpha value is -2.88. The van der Waals surface area contributed by atoms with Crippen molar-refractivity contribution in [3.63, 3.8) is 0 Å². The number of halogens is 4. The maximum atomic E-state index is 12.7. The Morgan fingerprint density at radius 1 is 1.00 bits per heavy atom. The number of benzene rings is 3. The molecule has 0 saturated heterocycles.